The van der Waals surface area contributed by atoms with Crippen LogP contribution in [0.15, 0.2) is 18.5 Å². The van der Waals surface area contributed by atoms with Crippen molar-refractivity contribution in [3.63, 3.8) is 0 Å². The number of nitrogens with two attached hydrogens (primary N) is 1. The molecule has 0 spiro atoms. The smallest absolute Gasteiger partial charge is 0.390 e. The van der Waals surface area contributed by atoms with Crippen molar-refractivity contribution < 1.29 is 22.7 Å². The van der Waals surface area contributed by atoms with Gasteiger partial charge < -0.3 is 26.1 Å². The van der Waals surface area contributed by atoms with E-state index in [1.54, 1.807) is 23.7 Å². The second-order valence-electron chi connectivity index (χ2n) is 8.98. The number of benzene rings is 1. The van der Waals surface area contributed by atoms with E-state index in [1.807, 2.05) is 19.9 Å². The van der Waals surface area contributed by atoms with Crippen molar-refractivity contribution in [3.05, 3.63) is 34.5 Å². The normalized spacial score (nSPS) is 12.9. The Kier molecular flexibility index (Phi) is 9.30. The van der Waals surface area contributed by atoms with E-state index in [0.29, 0.717) is 23.4 Å². The monoisotopic (exact) mass is 536 g/mol. The highest BCUT2D eigenvalue weighted by Gasteiger charge is 2.26. The van der Waals surface area contributed by atoms with Crippen LogP contribution in [0.5, 0.6) is 5.75 Å². The molecule has 12 heteroatoms. The predicted octanol–water partition coefficient (Wildman–Crippen LogP) is 5.71. The van der Waals surface area contributed by atoms with Crippen LogP contribution in [0.2, 0.25) is 0 Å². The fourth-order valence-electron chi connectivity index (χ4n) is 3.85. The number of carbonyl (C=O) groups is 1. The van der Waals surface area contributed by atoms with Gasteiger partial charge in [-0.15, -0.1) is 11.3 Å². The molecule has 4 N–H and O–H groups in total. The minimum Gasteiger partial charge on any atom is -0.489 e. The summed E-state index contributed by atoms with van der Waals surface area (Å²) >= 11 is 1.77. The number of amides is 1. The molecule has 1 amide bonds. The van der Waals surface area contributed by atoms with Crippen LogP contribution in [-0.2, 0) is 17.6 Å². The average Bonchev–Trinajstić information content (AvgIpc) is 3.23. The number of carbonyl (C=O) groups excluding carboxylic acids is 1. The lowest BCUT2D eigenvalue weighted by atomic mass is 9.97. The number of aryl methyl sites for hydroxylation is 2. The fraction of sp³-hybridized carbons (Fsp3) is 0.440. The molecule has 1 aliphatic rings. The maximum absolute atomic E-state index is 11.4. The number of nitrogen functional groups attached to an aromatic ring is 1. The summed E-state index contributed by atoms with van der Waals surface area (Å²) in [6, 6.07) is 3.61. The lowest BCUT2D eigenvalue weighted by molar-refractivity contribution is -0.139. The van der Waals surface area contributed by atoms with Crippen LogP contribution < -0.4 is 15.8 Å². The Morgan fingerprint density at radius 2 is 2.00 bits per heavy atom. The molecule has 2 heterocycles. The van der Waals surface area contributed by atoms with Crippen molar-refractivity contribution in [2.75, 3.05) is 24.6 Å². The van der Waals surface area contributed by atoms with Crippen LogP contribution in [0.4, 0.5) is 30.4 Å². The van der Waals surface area contributed by atoms with Crippen molar-refractivity contribution in [2.45, 2.75) is 58.2 Å². The van der Waals surface area contributed by atoms with Crippen molar-refractivity contribution >= 4 is 51.4 Å². The Morgan fingerprint density at radius 3 is 2.65 bits per heavy atom. The van der Waals surface area contributed by atoms with Gasteiger partial charge in [-0.2, -0.15) is 13.2 Å². The van der Waals surface area contributed by atoms with E-state index < -0.39 is 12.6 Å². The summed E-state index contributed by atoms with van der Waals surface area (Å²) in [5.74, 6) is 1.44. The first kappa shape index (κ1) is 28.2. The third-order valence-electron chi connectivity index (χ3n) is 5.64. The highest BCUT2D eigenvalue weighted by atomic mass is 32.1. The summed E-state index contributed by atoms with van der Waals surface area (Å²) in [6.45, 7) is 3.68. The summed E-state index contributed by atoms with van der Waals surface area (Å²) in [4.78, 5) is 22.2. The topological polar surface area (TPSA) is 117 Å². The molecule has 4 rings (SSSR count). The fourth-order valence-corrected chi connectivity index (χ4v) is 5.08. The van der Waals surface area contributed by atoms with Crippen molar-refractivity contribution in [2.24, 2.45) is 0 Å². The first-order valence-electron chi connectivity index (χ1n) is 11.9. The van der Waals surface area contributed by atoms with Crippen LogP contribution in [0.1, 0.15) is 49.1 Å². The maximum Gasteiger partial charge on any atom is 0.390 e. The van der Waals surface area contributed by atoms with Gasteiger partial charge >= 0.3 is 6.18 Å². The molecule has 0 radical (unpaired) electrons. The van der Waals surface area contributed by atoms with Crippen LogP contribution >= 0.6 is 11.3 Å². The minimum absolute atomic E-state index is 0.00936. The highest BCUT2D eigenvalue weighted by Crippen LogP contribution is 2.40. The summed E-state index contributed by atoms with van der Waals surface area (Å²) in [5, 5.41) is 12.1. The Hall–Kier alpha value is -3.41. The van der Waals surface area contributed by atoms with Gasteiger partial charge in [-0.25, -0.2) is 9.97 Å². The third-order valence-corrected chi connectivity index (χ3v) is 6.84. The number of anilines is 3. The number of hydrogen-bond acceptors (Lipinski definition) is 8. The first-order chi connectivity index (χ1) is 17.5. The number of rotatable bonds is 8. The molecule has 1 aromatic carbocycles. The van der Waals surface area contributed by atoms with E-state index in [2.05, 4.69) is 15.3 Å². The van der Waals surface area contributed by atoms with Crippen LogP contribution in [0.3, 0.4) is 0 Å². The van der Waals surface area contributed by atoms with Gasteiger partial charge in [0.2, 0.25) is 6.41 Å². The largest absolute Gasteiger partial charge is 0.489 e. The quantitative estimate of drug-likeness (QED) is 0.193. The molecule has 37 heavy (non-hydrogen) atoms. The van der Waals surface area contributed by atoms with Gasteiger partial charge in [-0.3, -0.25) is 4.79 Å². The summed E-state index contributed by atoms with van der Waals surface area (Å²) < 4.78 is 40.2. The second kappa shape index (κ2) is 12.2. The van der Waals surface area contributed by atoms with E-state index in [9.17, 15) is 18.0 Å². The molecule has 0 saturated carbocycles. The lowest BCUT2D eigenvalue weighted by Gasteiger charge is -2.18. The number of ether oxygens (including phenoxy) is 1. The van der Waals surface area contributed by atoms with Gasteiger partial charge in [-0.05, 0) is 51.2 Å². The lowest BCUT2D eigenvalue weighted by Crippen LogP contribution is -2.22. The second-order valence-corrected chi connectivity index (χ2v) is 10.1. The number of fused-ring (bicyclic) bond motifs is 3. The minimum atomic E-state index is -4.17. The molecule has 0 aliphatic heterocycles. The summed E-state index contributed by atoms with van der Waals surface area (Å²) in [6.07, 6.45) is 2.75. The number of hydrogen-bond donors (Lipinski definition) is 3. The Labute approximate surface area is 217 Å². The van der Waals surface area contributed by atoms with Crippen molar-refractivity contribution in [1.29, 1.82) is 5.41 Å². The number of nitrogens with zero attached hydrogens (tertiary/aromatic N) is 3. The van der Waals surface area contributed by atoms with Crippen LogP contribution in [0.25, 0.3) is 10.2 Å². The SMILES string of the molecule is CC(C)Oc1cc(N)c(C=N)cc1Nc1ncnc2sc3c(c12)CCCC3.CN(C=O)CCC(F)(F)F. The van der Waals surface area contributed by atoms with Crippen molar-refractivity contribution in [3.8, 4) is 5.75 Å². The molecule has 2 aromatic heterocycles. The van der Waals surface area contributed by atoms with Gasteiger partial charge in [0.15, 0.2) is 0 Å². The molecular formula is C25H31F3N6O2S. The molecule has 3 aromatic rings. The number of halogens is 3. The van der Waals surface area contributed by atoms with Crippen LogP contribution in [0, 0.1) is 5.41 Å². The highest BCUT2D eigenvalue weighted by molar-refractivity contribution is 7.19. The third kappa shape index (κ3) is 7.54. The van der Waals surface area contributed by atoms with Gasteiger partial charge in [0, 0.05) is 42.0 Å². The van der Waals surface area contributed by atoms with Gasteiger partial charge in [0.05, 0.1) is 23.6 Å². The van der Waals surface area contributed by atoms with E-state index >= 15 is 0 Å². The van der Waals surface area contributed by atoms with E-state index in [4.69, 9.17) is 15.9 Å². The van der Waals surface area contributed by atoms with Crippen LogP contribution in [-0.4, -0.2) is 53.4 Å². The zero-order valence-electron chi connectivity index (χ0n) is 21.0. The van der Waals surface area contributed by atoms with E-state index in [-0.39, 0.29) is 12.6 Å². The summed E-state index contributed by atoms with van der Waals surface area (Å²) in [7, 11) is 1.30. The molecule has 0 bridgehead atoms. The summed E-state index contributed by atoms with van der Waals surface area (Å²) in [5.41, 5.74) is 9.35. The molecule has 1 aliphatic carbocycles. The van der Waals surface area contributed by atoms with Gasteiger partial charge in [0.25, 0.3) is 0 Å². The molecule has 200 valence electrons. The number of thiophene rings is 1. The Balaban J connectivity index is 0.000000325. The van der Waals surface area contributed by atoms with Gasteiger partial charge in [0.1, 0.15) is 22.7 Å². The predicted molar refractivity (Wildman–Crippen MR) is 141 cm³/mol. The molecule has 0 atom stereocenters. The molecule has 0 unspecified atom stereocenters. The number of nitrogens with one attached hydrogen (secondary N) is 2. The van der Waals surface area contributed by atoms with E-state index in [0.717, 1.165) is 39.5 Å². The maximum atomic E-state index is 11.4. The van der Waals surface area contributed by atoms with Crippen molar-refractivity contribution in [1.82, 2.24) is 14.9 Å². The molecule has 0 saturated heterocycles. The number of alkyl halides is 3. The zero-order valence-corrected chi connectivity index (χ0v) is 21.8. The number of aromatic nitrogens is 2. The Bertz CT molecular complexity index is 1250. The standard InChI is InChI=1S/C20H23N5OS.C5H8F3NO/c1-11(2)26-16-8-14(22)12(9-21)7-15(16)25-19-18-13-5-3-4-6-17(13)27-20(18)24-10-23-19;1-9(4-10)3-2-5(6,7)8/h7-11,21H,3-6,22H2,1-2H3,(H,23,24,25);4H,2-3H2,1H3. The first-order valence-corrected chi connectivity index (χ1v) is 12.7. The average molecular weight is 537 g/mol. The molecule has 0 fully saturated rings. The van der Waals surface area contributed by atoms with E-state index in [1.165, 1.54) is 36.5 Å². The Morgan fingerprint density at radius 1 is 1.27 bits per heavy atom. The molecular weight excluding hydrogens is 505 g/mol. The zero-order chi connectivity index (χ0) is 27.2. The van der Waals surface area contributed by atoms with Gasteiger partial charge in [-0.1, -0.05) is 0 Å². The molecule has 8 nitrogen and oxygen atoms in total.